The summed E-state index contributed by atoms with van der Waals surface area (Å²) in [5.74, 6) is 0.0619. The second kappa shape index (κ2) is 4.70. The number of hydrogen-bond donors (Lipinski definition) is 1. The van der Waals surface area contributed by atoms with Gasteiger partial charge in [0.2, 0.25) is 0 Å². The zero-order valence-corrected chi connectivity index (χ0v) is 10.4. The summed E-state index contributed by atoms with van der Waals surface area (Å²) in [6.45, 7) is 5.63. The molecule has 0 saturated heterocycles. The van der Waals surface area contributed by atoms with E-state index < -0.39 is 11.7 Å². The van der Waals surface area contributed by atoms with Gasteiger partial charge < -0.3 is 0 Å². The van der Waals surface area contributed by atoms with Crippen LogP contribution < -0.4 is 0 Å². The Balaban J connectivity index is 3.29. The van der Waals surface area contributed by atoms with Crippen molar-refractivity contribution in [2.24, 2.45) is 0 Å². The van der Waals surface area contributed by atoms with Crippen LogP contribution in [-0.4, -0.2) is 0 Å². The second-order valence-electron chi connectivity index (χ2n) is 4.17. The van der Waals surface area contributed by atoms with Crippen molar-refractivity contribution in [3.8, 4) is 0 Å². The number of halogens is 3. The molecule has 1 aromatic carbocycles. The van der Waals surface area contributed by atoms with E-state index in [1.54, 1.807) is 0 Å². The molecule has 1 aromatic rings. The van der Waals surface area contributed by atoms with Crippen LogP contribution in [0.5, 0.6) is 0 Å². The molecule has 0 nitrogen and oxygen atoms in total. The van der Waals surface area contributed by atoms with Gasteiger partial charge in [0.1, 0.15) is 0 Å². The quantitative estimate of drug-likeness (QED) is 0.713. The van der Waals surface area contributed by atoms with Crippen LogP contribution in [0.25, 0.3) is 0 Å². The third kappa shape index (κ3) is 2.94. The van der Waals surface area contributed by atoms with E-state index in [4.69, 9.17) is 0 Å². The Morgan fingerprint density at radius 1 is 1.06 bits per heavy atom. The molecule has 0 N–H and O–H groups in total. The molecule has 0 aliphatic carbocycles. The maximum Gasteiger partial charge on any atom is 0.416 e. The Labute approximate surface area is 99.3 Å². The molecule has 4 heteroatoms. The summed E-state index contributed by atoms with van der Waals surface area (Å²) in [5.41, 5.74) is 0.998. The normalized spacial score (nSPS) is 14.2. The molecule has 1 rings (SSSR count). The van der Waals surface area contributed by atoms with Gasteiger partial charge in [0.25, 0.3) is 0 Å². The summed E-state index contributed by atoms with van der Waals surface area (Å²) in [6.07, 6.45) is -4.28. The lowest BCUT2D eigenvalue weighted by atomic mass is 9.93. The van der Waals surface area contributed by atoms with Crippen molar-refractivity contribution in [1.82, 2.24) is 0 Å². The summed E-state index contributed by atoms with van der Waals surface area (Å²) in [6, 6.07) is 3.87. The summed E-state index contributed by atoms with van der Waals surface area (Å²) in [4.78, 5) is 0. The van der Waals surface area contributed by atoms with Gasteiger partial charge in [-0.15, -0.1) is 0 Å². The van der Waals surface area contributed by atoms with Crippen LogP contribution in [0.3, 0.4) is 0 Å². The van der Waals surface area contributed by atoms with Crippen LogP contribution in [-0.2, 0) is 6.18 Å². The molecule has 0 aliphatic rings. The van der Waals surface area contributed by atoms with Gasteiger partial charge in [0.15, 0.2) is 0 Å². The number of benzene rings is 1. The summed E-state index contributed by atoms with van der Waals surface area (Å²) < 4.78 is 37.6. The highest BCUT2D eigenvalue weighted by atomic mass is 32.1. The van der Waals surface area contributed by atoms with E-state index in [9.17, 15) is 13.2 Å². The first-order valence-corrected chi connectivity index (χ1v) is 5.64. The fraction of sp³-hybridized carbons (Fsp3) is 0.500. The lowest BCUT2D eigenvalue weighted by molar-refractivity contribution is -0.137. The number of alkyl halides is 3. The Morgan fingerprint density at radius 3 is 2.00 bits per heavy atom. The second-order valence-corrected chi connectivity index (χ2v) is 4.95. The van der Waals surface area contributed by atoms with Crippen LogP contribution in [0, 0.1) is 0 Å². The molecule has 0 fully saturated rings. The van der Waals surface area contributed by atoms with E-state index in [0.717, 1.165) is 17.2 Å². The minimum atomic E-state index is -4.28. The number of hydrogen-bond acceptors (Lipinski definition) is 1. The number of rotatable bonds is 2. The Bertz CT molecular complexity index is 367. The summed E-state index contributed by atoms with van der Waals surface area (Å²) in [5, 5.41) is -0.0558. The third-order valence-electron chi connectivity index (χ3n) is 2.49. The van der Waals surface area contributed by atoms with Crippen molar-refractivity contribution in [3.05, 3.63) is 34.9 Å². The smallest absolute Gasteiger partial charge is 0.171 e. The van der Waals surface area contributed by atoms with E-state index in [1.807, 2.05) is 20.8 Å². The highest BCUT2D eigenvalue weighted by Crippen LogP contribution is 2.35. The first-order valence-electron chi connectivity index (χ1n) is 5.12. The van der Waals surface area contributed by atoms with Gasteiger partial charge in [0.05, 0.1) is 5.56 Å². The van der Waals surface area contributed by atoms with E-state index in [-0.39, 0.29) is 11.2 Å². The molecule has 90 valence electrons. The average Bonchev–Trinajstić information content (AvgIpc) is 2.15. The highest BCUT2D eigenvalue weighted by Gasteiger charge is 2.31. The Hall–Kier alpha value is -0.640. The first-order chi connectivity index (χ1) is 7.23. The zero-order valence-electron chi connectivity index (χ0n) is 9.47. The standard InChI is InChI=1S/C12H15F3S/c1-7(2)11-6-9(12(13,14)15)4-5-10(11)8(3)16/h4-8,16H,1-3H3. The fourth-order valence-electron chi connectivity index (χ4n) is 1.63. The summed E-state index contributed by atoms with van der Waals surface area (Å²) >= 11 is 4.28. The van der Waals surface area contributed by atoms with Crippen molar-refractivity contribution in [2.45, 2.75) is 38.1 Å². The minimum absolute atomic E-state index is 0.0558. The van der Waals surface area contributed by atoms with Gasteiger partial charge in [-0.3, -0.25) is 0 Å². The largest absolute Gasteiger partial charge is 0.416 e. The molecule has 0 aliphatic heterocycles. The van der Waals surface area contributed by atoms with Gasteiger partial charge in [-0.2, -0.15) is 25.8 Å². The van der Waals surface area contributed by atoms with Gasteiger partial charge in [-0.05, 0) is 36.1 Å². The minimum Gasteiger partial charge on any atom is -0.171 e. The fourth-order valence-corrected chi connectivity index (χ4v) is 1.87. The van der Waals surface area contributed by atoms with Crippen LogP contribution >= 0.6 is 12.6 Å². The van der Waals surface area contributed by atoms with E-state index in [0.29, 0.717) is 0 Å². The first kappa shape index (κ1) is 13.4. The maximum absolute atomic E-state index is 12.5. The van der Waals surface area contributed by atoms with Gasteiger partial charge in [-0.1, -0.05) is 19.9 Å². The molecule has 0 bridgehead atoms. The molecule has 0 heterocycles. The van der Waals surface area contributed by atoms with Gasteiger partial charge >= 0.3 is 6.18 Å². The van der Waals surface area contributed by atoms with Crippen LogP contribution in [0.15, 0.2) is 18.2 Å². The van der Waals surface area contributed by atoms with Crippen molar-refractivity contribution in [1.29, 1.82) is 0 Å². The predicted octanol–water partition coefficient (Wildman–Crippen LogP) is 4.82. The molecular weight excluding hydrogens is 233 g/mol. The van der Waals surface area contributed by atoms with Crippen molar-refractivity contribution < 1.29 is 13.2 Å². The van der Waals surface area contributed by atoms with E-state index >= 15 is 0 Å². The molecule has 0 amide bonds. The molecular formula is C12H15F3S. The number of thiol groups is 1. The molecule has 1 unspecified atom stereocenters. The predicted molar refractivity (Wildman–Crippen MR) is 62.9 cm³/mol. The Morgan fingerprint density at radius 2 is 1.62 bits per heavy atom. The molecule has 0 saturated carbocycles. The van der Waals surface area contributed by atoms with Crippen molar-refractivity contribution >= 4 is 12.6 Å². The molecule has 0 radical (unpaired) electrons. The Kier molecular flexibility index (Phi) is 3.94. The highest BCUT2D eigenvalue weighted by molar-refractivity contribution is 7.80. The third-order valence-corrected chi connectivity index (χ3v) is 2.76. The van der Waals surface area contributed by atoms with Crippen molar-refractivity contribution in [2.75, 3.05) is 0 Å². The monoisotopic (exact) mass is 248 g/mol. The van der Waals surface area contributed by atoms with Gasteiger partial charge in [0, 0.05) is 5.25 Å². The lowest BCUT2D eigenvalue weighted by Crippen LogP contribution is -2.07. The van der Waals surface area contributed by atoms with Crippen LogP contribution in [0.2, 0.25) is 0 Å². The SMILES string of the molecule is CC(C)c1cc(C(F)(F)F)ccc1C(C)S. The van der Waals surface area contributed by atoms with Crippen molar-refractivity contribution in [3.63, 3.8) is 0 Å². The lowest BCUT2D eigenvalue weighted by Gasteiger charge is -2.17. The molecule has 1 atom stereocenters. The molecule has 0 aromatic heterocycles. The van der Waals surface area contributed by atoms with Gasteiger partial charge in [-0.25, -0.2) is 0 Å². The average molecular weight is 248 g/mol. The van der Waals surface area contributed by atoms with E-state index in [2.05, 4.69) is 12.6 Å². The maximum atomic E-state index is 12.5. The molecule has 16 heavy (non-hydrogen) atoms. The topological polar surface area (TPSA) is 0 Å². The van der Waals surface area contributed by atoms with Crippen LogP contribution in [0.1, 0.15) is 48.6 Å². The van der Waals surface area contributed by atoms with E-state index in [1.165, 1.54) is 12.1 Å². The molecule has 0 spiro atoms. The van der Waals surface area contributed by atoms with Crippen LogP contribution in [0.4, 0.5) is 13.2 Å². The zero-order chi connectivity index (χ0) is 12.5. The summed E-state index contributed by atoms with van der Waals surface area (Å²) in [7, 11) is 0.